The van der Waals surface area contributed by atoms with Gasteiger partial charge in [0.25, 0.3) is 11.5 Å². The standard InChI is InChI=1S/C19H22N4O2/c1-12-6-5-7-13(2)22(11-12)19(25)15-10-20-23-16-9-4-3-8-14(16)18(24)21-17(15)23/h3-4,8-10,12-13H,5-7,11H2,1-2H3,(H,21,24). The molecule has 0 aliphatic carbocycles. The minimum absolute atomic E-state index is 0.0535. The number of benzene rings is 1. The number of nitrogens with zero attached hydrogens (tertiary/aromatic N) is 3. The highest BCUT2D eigenvalue weighted by Crippen LogP contribution is 2.24. The molecule has 4 rings (SSSR count). The summed E-state index contributed by atoms with van der Waals surface area (Å²) in [5.74, 6) is 0.429. The molecule has 0 spiro atoms. The van der Waals surface area contributed by atoms with Crippen LogP contribution < -0.4 is 5.56 Å². The van der Waals surface area contributed by atoms with Crippen molar-refractivity contribution in [2.45, 2.75) is 39.2 Å². The molecule has 6 nitrogen and oxygen atoms in total. The van der Waals surface area contributed by atoms with Crippen LogP contribution in [-0.2, 0) is 0 Å². The van der Waals surface area contributed by atoms with E-state index in [0.717, 1.165) is 25.8 Å². The Labute approximate surface area is 145 Å². The van der Waals surface area contributed by atoms with Gasteiger partial charge in [0.05, 0.1) is 17.1 Å². The zero-order chi connectivity index (χ0) is 17.6. The average Bonchev–Trinajstić information content (AvgIpc) is 2.95. The summed E-state index contributed by atoms with van der Waals surface area (Å²) in [5, 5.41) is 4.93. The highest BCUT2D eigenvalue weighted by atomic mass is 16.2. The number of hydrogen-bond acceptors (Lipinski definition) is 3. The van der Waals surface area contributed by atoms with E-state index in [9.17, 15) is 9.59 Å². The molecule has 3 aromatic rings. The van der Waals surface area contributed by atoms with Crippen molar-refractivity contribution in [2.24, 2.45) is 5.92 Å². The van der Waals surface area contributed by atoms with Crippen LogP contribution in [0.2, 0.25) is 0 Å². The van der Waals surface area contributed by atoms with Gasteiger partial charge in [-0.2, -0.15) is 5.10 Å². The fourth-order valence-corrected chi connectivity index (χ4v) is 3.80. The van der Waals surface area contributed by atoms with Gasteiger partial charge in [-0.1, -0.05) is 25.5 Å². The van der Waals surface area contributed by atoms with Crippen molar-refractivity contribution in [2.75, 3.05) is 6.54 Å². The van der Waals surface area contributed by atoms with Crippen molar-refractivity contribution in [3.8, 4) is 0 Å². The normalized spacial score (nSPS) is 21.6. The molecule has 2 unspecified atom stereocenters. The second kappa shape index (κ2) is 6.02. The number of aromatic amines is 1. The zero-order valence-corrected chi connectivity index (χ0v) is 14.5. The lowest BCUT2D eigenvalue weighted by Crippen LogP contribution is -2.40. The Morgan fingerprint density at radius 3 is 2.88 bits per heavy atom. The third-order valence-electron chi connectivity index (χ3n) is 5.23. The van der Waals surface area contributed by atoms with Gasteiger partial charge in [-0.15, -0.1) is 0 Å². The summed E-state index contributed by atoms with van der Waals surface area (Å²) in [5.41, 5.74) is 1.44. The Kier molecular flexibility index (Phi) is 3.82. The third-order valence-corrected chi connectivity index (χ3v) is 5.23. The van der Waals surface area contributed by atoms with Crippen LogP contribution in [0.5, 0.6) is 0 Å². The number of carbonyl (C=O) groups is 1. The zero-order valence-electron chi connectivity index (χ0n) is 14.5. The quantitative estimate of drug-likeness (QED) is 0.742. The van der Waals surface area contributed by atoms with E-state index in [1.54, 1.807) is 16.8 Å². The number of likely N-dealkylation sites (tertiary alicyclic amines) is 1. The van der Waals surface area contributed by atoms with E-state index in [1.165, 1.54) is 0 Å². The highest BCUT2D eigenvalue weighted by molar-refractivity contribution is 6.00. The van der Waals surface area contributed by atoms with Gasteiger partial charge in [0.1, 0.15) is 11.2 Å². The molecule has 1 saturated heterocycles. The summed E-state index contributed by atoms with van der Waals surface area (Å²) in [4.78, 5) is 30.3. The lowest BCUT2D eigenvalue weighted by atomic mass is 10.1. The Morgan fingerprint density at radius 2 is 2.04 bits per heavy atom. The molecule has 2 aromatic heterocycles. The predicted molar refractivity (Wildman–Crippen MR) is 96.8 cm³/mol. The van der Waals surface area contributed by atoms with E-state index in [-0.39, 0.29) is 17.5 Å². The number of rotatable bonds is 1. The monoisotopic (exact) mass is 338 g/mol. The second-order valence-corrected chi connectivity index (χ2v) is 7.13. The molecule has 1 N–H and O–H groups in total. The van der Waals surface area contributed by atoms with Crippen molar-refractivity contribution in [3.63, 3.8) is 0 Å². The molecular formula is C19H22N4O2. The van der Waals surface area contributed by atoms with E-state index in [4.69, 9.17) is 0 Å². The first-order valence-electron chi connectivity index (χ1n) is 8.86. The number of fused-ring (bicyclic) bond motifs is 3. The summed E-state index contributed by atoms with van der Waals surface area (Å²) in [7, 11) is 0. The van der Waals surface area contributed by atoms with Crippen LogP contribution in [0.4, 0.5) is 0 Å². The maximum Gasteiger partial charge on any atom is 0.259 e. The van der Waals surface area contributed by atoms with Crippen molar-refractivity contribution in [3.05, 3.63) is 46.4 Å². The third kappa shape index (κ3) is 2.62. The molecule has 25 heavy (non-hydrogen) atoms. The SMILES string of the molecule is CC1CCCC(C)N(C(=O)c2cnn3c2[nH]c(=O)c2ccccc23)C1. The maximum absolute atomic E-state index is 13.2. The van der Waals surface area contributed by atoms with Crippen LogP contribution in [0.3, 0.4) is 0 Å². The summed E-state index contributed by atoms with van der Waals surface area (Å²) in [6.45, 7) is 5.03. The van der Waals surface area contributed by atoms with E-state index < -0.39 is 0 Å². The summed E-state index contributed by atoms with van der Waals surface area (Å²) >= 11 is 0. The van der Waals surface area contributed by atoms with Crippen molar-refractivity contribution < 1.29 is 4.79 Å². The minimum Gasteiger partial charge on any atom is -0.336 e. The first-order chi connectivity index (χ1) is 12.1. The Hall–Kier alpha value is -2.63. The Morgan fingerprint density at radius 1 is 1.24 bits per heavy atom. The molecule has 1 amide bonds. The number of para-hydroxylation sites is 1. The van der Waals surface area contributed by atoms with Gasteiger partial charge in [0.15, 0.2) is 0 Å². The average molecular weight is 338 g/mol. The van der Waals surface area contributed by atoms with E-state index >= 15 is 0 Å². The second-order valence-electron chi connectivity index (χ2n) is 7.13. The number of amides is 1. The molecule has 1 aliphatic heterocycles. The molecule has 1 aromatic carbocycles. The molecule has 3 heterocycles. The summed E-state index contributed by atoms with van der Waals surface area (Å²) in [6.07, 6.45) is 4.86. The summed E-state index contributed by atoms with van der Waals surface area (Å²) in [6, 6.07) is 7.48. The van der Waals surface area contributed by atoms with Crippen molar-refractivity contribution >= 4 is 22.5 Å². The van der Waals surface area contributed by atoms with Crippen molar-refractivity contribution in [1.82, 2.24) is 19.5 Å². The topological polar surface area (TPSA) is 70.5 Å². The van der Waals surface area contributed by atoms with E-state index in [0.29, 0.717) is 28.0 Å². The molecule has 2 atom stereocenters. The molecule has 0 radical (unpaired) electrons. The first-order valence-corrected chi connectivity index (χ1v) is 8.86. The number of carbonyl (C=O) groups excluding carboxylic acids is 1. The van der Waals surface area contributed by atoms with Crippen LogP contribution in [0.25, 0.3) is 16.6 Å². The van der Waals surface area contributed by atoms with Crippen LogP contribution >= 0.6 is 0 Å². The van der Waals surface area contributed by atoms with Gasteiger partial charge in [-0.3, -0.25) is 9.59 Å². The first kappa shape index (κ1) is 15.9. The Balaban J connectivity index is 1.84. The smallest absolute Gasteiger partial charge is 0.259 e. The molecule has 0 saturated carbocycles. The lowest BCUT2D eigenvalue weighted by molar-refractivity contribution is 0.0679. The Bertz CT molecular complexity index is 1000. The molecule has 1 aliphatic rings. The van der Waals surface area contributed by atoms with Gasteiger partial charge in [-0.25, -0.2) is 4.52 Å². The van der Waals surface area contributed by atoms with Gasteiger partial charge in [0, 0.05) is 12.6 Å². The minimum atomic E-state index is -0.199. The maximum atomic E-state index is 13.2. The van der Waals surface area contributed by atoms with Crippen LogP contribution in [0.1, 0.15) is 43.5 Å². The fourth-order valence-electron chi connectivity index (χ4n) is 3.80. The van der Waals surface area contributed by atoms with Gasteiger partial charge < -0.3 is 9.88 Å². The van der Waals surface area contributed by atoms with Crippen LogP contribution in [-0.4, -0.2) is 38.0 Å². The predicted octanol–water partition coefficient (Wildman–Crippen LogP) is 2.83. The van der Waals surface area contributed by atoms with Crippen molar-refractivity contribution in [1.29, 1.82) is 0 Å². The molecule has 0 bridgehead atoms. The number of nitrogens with one attached hydrogen (secondary N) is 1. The number of hydrogen-bond donors (Lipinski definition) is 1. The fraction of sp³-hybridized carbons (Fsp3) is 0.421. The summed E-state index contributed by atoms with van der Waals surface area (Å²) < 4.78 is 1.65. The largest absolute Gasteiger partial charge is 0.336 e. The molecule has 1 fully saturated rings. The highest BCUT2D eigenvalue weighted by Gasteiger charge is 2.28. The van der Waals surface area contributed by atoms with Gasteiger partial charge in [-0.05, 0) is 37.8 Å². The molecule has 130 valence electrons. The van der Waals surface area contributed by atoms with Gasteiger partial charge in [0.2, 0.25) is 0 Å². The van der Waals surface area contributed by atoms with Gasteiger partial charge >= 0.3 is 0 Å². The lowest BCUT2D eigenvalue weighted by Gasteiger charge is -2.28. The van der Waals surface area contributed by atoms with E-state index in [2.05, 4.69) is 23.9 Å². The van der Waals surface area contributed by atoms with Crippen LogP contribution in [0.15, 0.2) is 35.3 Å². The van der Waals surface area contributed by atoms with E-state index in [1.807, 2.05) is 23.1 Å². The number of H-pyrrole nitrogens is 1. The molecular weight excluding hydrogens is 316 g/mol. The number of aromatic nitrogens is 3. The molecule has 6 heteroatoms. The van der Waals surface area contributed by atoms with Crippen LogP contribution in [0, 0.1) is 5.92 Å².